The van der Waals surface area contributed by atoms with Crippen molar-refractivity contribution in [3.05, 3.63) is 0 Å². The maximum Gasteiger partial charge on any atom is 0.472 e. The number of carbonyl (C=O) groups is 4. The van der Waals surface area contributed by atoms with Crippen molar-refractivity contribution in [3.8, 4) is 0 Å². The van der Waals surface area contributed by atoms with Gasteiger partial charge in [0.2, 0.25) is 0 Å². The highest BCUT2D eigenvalue weighted by atomic mass is 31.2. The van der Waals surface area contributed by atoms with Crippen LogP contribution >= 0.6 is 15.6 Å². The van der Waals surface area contributed by atoms with Gasteiger partial charge in [-0.15, -0.1) is 0 Å². The Morgan fingerprint density at radius 3 is 0.773 bits per heavy atom. The Balaban J connectivity index is 5.22. The molecule has 0 saturated carbocycles. The molecule has 17 nitrogen and oxygen atoms in total. The molecule has 0 spiro atoms. The van der Waals surface area contributed by atoms with E-state index in [1.54, 1.807) is 0 Å². The molecule has 0 aromatic rings. The zero-order valence-electron chi connectivity index (χ0n) is 57.0. The number of ether oxygens (including phenoxy) is 4. The molecule has 0 aliphatic rings. The number of unbranched alkanes of at least 4 members (excludes halogenated alkanes) is 38. The summed E-state index contributed by atoms with van der Waals surface area (Å²) in [6, 6.07) is 0. The summed E-state index contributed by atoms with van der Waals surface area (Å²) in [6.45, 7) is 9.46. The lowest BCUT2D eigenvalue weighted by Gasteiger charge is -2.21. The minimum Gasteiger partial charge on any atom is -0.462 e. The van der Waals surface area contributed by atoms with Crippen LogP contribution in [-0.4, -0.2) is 96.7 Å². The van der Waals surface area contributed by atoms with Crippen LogP contribution in [0, 0.1) is 11.8 Å². The molecule has 0 amide bonds. The zero-order valence-corrected chi connectivity index (χ0v) is 58.8. The molecular formula is C69H134O17P2. The van der Waals surface area contributed by atoms with Gasteiger partial charge in [0.15, 0.2) is 12.2 Å². The molecule has 0 radical (unpaired) electrons. The highest BCUT2D eigenvalue weighted by Crippen LogP contribution is 2.45. The minimum atomic E-state index is -4.95. The summed E-state index contributed by atoms with van der Waals surface area (Å²) in [4.78, 5) is 72.4. The van der Waals surface area contributed by atoms with Gasteiger partial charge in [0, 0.05) is 25.7 Å². The smallest absolute Gasteiger partial charge is 0.462 e. The van der Waals surface area contributed by atoms with E-state index in [0.29, 0.717) is 31.6 Å². The Morgan fingerprint density at radius 1 is 0.307 bits per heavy atom. The largest absolute Gasteiger partial charge is 0.472 e. The number of carbonyl (C=O) groups excluding carboxylic acids is 4. The van der Waals surface area contributed by atoms with Crippen molar-refractivity contribution in [2.75, 3.05) is 39.6 Å². The van der Waals surface area contributed by atoms with Gasteiger partial charge < -0.3 is 33.8 Å². The normalized spacial score (nSPS) is 14.2. The lowest BCUT2D eigenvalue weighted by Crippen LogP contribution is -2.30. The molecule has 2 unspecified atom stereocenters. The van der Waals surface area contributed by atoms with E-state index in [-0.39, 0.29) is 25.7 Å². The summed E-state index contributed by atoms with van der Waals surface area (Å²) in [5.41, 5.74) is 0. The Morgan fingerprint density at radius 2 is 0.523 bits per heavy atom. The molecule has 522 valence electrons. The maximum atomic E-state index is 13.0. The first kappa shape index (κ1) is 86.1. The van der Waals surface area contributed by atoms with E-state index in [0.717, 1.165) is 102 Å². The van der Waals surface area contributed by atoms with Crippen LogP contribution in [0.1, 0.15) is 350 Å². The molecule has 5 atom stereocenters. The summed E-state index contributed by atoms with van der Waals surface area (Å²) in [7, 11) is -9.89. The number of hydrogen-bond acceptors (Lipinski definition) is 15. The van der Waals surface area contributed by atoms with Gasteiger partial charge in [-0.1, -0.05) is 298 Å². The highest BCUT2D eigenvalue weighted by molar-refractivity contribution is 7.47. The molecule has 19 heteroatoms. The number of aliphatic hydroxyl groups excluding tert-OH is 1. The van der Waals surface area contributed by atoms with Crippen LogP contribution in [0.2, 0.25) is 0 Å². The van der Waals surface area contributed by atoms with Crippen molar-refractivity contribution in [2.24, 2.45) is 11.8 Å². The summed E-state index contributed by atoms with van der Waals surface area (Å²) in [6.07, 6.45) is 45.9. The van der Waals surface area contributed by atoms with E-state index in [2.05, 4.69) is 41.5 Å². The van der Waals surface area contributed by atoms with E-state index in [1.807, 2.05) is 0 Å². The summed E-state index contributed by atoms with van der Waals surface area (Å²) < 4.78 is 68.2. The first-order valence-electron chi connectivity index (χ1n) is 36.0. The van der Waals surface area contributed by atoms with Crippen molar-refractivity contribution in [1.82, 2.24) is 0 Å². The predicted octanol–water partition coefficient (Wildman–Crippen LogP) is 19.6. The minimum absolute atomic E-state index is 0.103. The second kappa shape index (κ2) is 61.3. The maximum absolute atomic E-state index is 13.0. The highest BCUT2D eigenvalue weighted by Gasteiger charge is 2.30. The van der Waals surface area contributed by atoms with E-state index in [9.17, 15) is 43.2 Å². The summed E-state index contributed by atoms with van der Waals surface area (Å²) in [5, 5.41) is 10.6. The van der Waals surface area contributed by atoms with Crippen LogP contribution in [0.5, 0.6) is 0 Å². The molecule has 0 aromatic heterocycles. The molecule has 88 heavy (non-hydrogen) atoms. The fourth-order valence-electron chi connectivity index (χ4n) is 10.4. The lowest BCUT2D eigenvalue weighted by atomic mass is 10.0. The Labute approximate surface area is 537 Å². The zero-order chi connectivity index (χ0) is 65.0. The first-order chi connectivity index (χ1) is 42.4. The van der Waals surface area contributed by atoms with Crippen molar-refractivity contribution in [1.29, 1.82) is 0 Å². The molecule has 0 aromatic carbocycles. The quantitative estimate of drug-likeness (QED) is 0.0222. The number of aliphatic hydroxyl groups is 1. The fourth-order valence-corrected chi connectivity index (χ4v) is 12.0. The molecule has 0 fully saturated rings. The second-order valence-electron chi connectivity index (χ2n) is 25.9. The number of esters is 4. The topological polar surface area (TPSA) is 237 Å². The Hall–Kier alpha value is -1.94. The molecule has 0 saturated heterocycles. The van der Waals surface area contributed by atoms with Crippen molar-refractivity contribution >= 4 is 39.5 Å². The average Bonchev–Trinajstić information content (AvgIpc) is 3.64. The Kier molecular flexibility index (Phi) is 59.9. The monoisotopic (exact) mass is 1300 g/mol. The standard InChI is InChI=1S/C69H134O17P2/c1-7-9-11-13-15-17-18-19-20-21-25-28-34-40-46-52-67(72)80-58-64(85-68(73)53-47-41-35-29-26-23-22-24-27-31-37-43-49-61(3)4)59-83-87(75,76)81-55-63(70)56-82-88(77,78)84-60-65(57-79-66(71)51-45-39-33-16-14-12-10-8-2)86-69(74)54-48-42-36-30-32-38-44-50-62(5)6/h61-65,70H,7-60H2,1-6H3,(H,75,76)(H,77,78)/t63-,64-,65-/m1/s1. The van der Waals surface area contributed by atoms with Crippen LogP contribution in [-0.2, 0) is 65.4 Å². The predicted molar refractivity (Wildman–Crippen MR) is 354 cm³/mol. The van der Waals surface area contributed by atoms with Gasteiger partial charge >= 0.3 is 39.5 Å². The van der Waals surface area contributed by atoms with Gasteiger partial charge in [-0.2, -0.15) is 0 Å². The van der Waals surface area contributed by atoms with E-state index in [4.69, 9.17) is 37.0 Å². The van der Waals surface area contributed by atoms with E-state index in [1.165, 1.54) is 161 Å². The lowest BCUT2D eigenvalue weighted by molar-refractivity contribution is -0.161. The molecule has 0 aliphatic heterocycles. The average molecular weight is 1300 g/mol. The SMILES string of the molecule is CCCCCCCCCCCCCCCCCC(=O)OC[C@H](COP(=O)(O)OC[C@@H](O)COP(=O)(O)OC[C@@H](COC(=O)CCCCCCCCCC)OC(=O)CCCCCCCCCC(C)C)OC(=O)CCCCCCCCCCCCCCC(C)C. The Bertz CT molecular complexity index is 1720. The third-order valence-corrected chi connectivity index (χ3v) is 17.9. The molecule has 0 rings (SSSR count). The fraction of sp³-hybridized carbons (Fsp3) is 0.942. The number of phosphoric acid groups is 2. The van der Waals surface area contributed by atoms with Crippen molar-refractivity contribution < 1.29 is 80.2 Å². The van der Waals surface area contributed by atoms with Crippen LogP contribution in [0.25, 0.3) is 0 Å². The number of hydrogen-bond donors (Lipinski definition) is 3. The number of rotatable bonds is 68. The van der Waals surface area contributed by atoms with E-state index >= 15 is 0 Å². The van der Waals surface area contributed by atoms with Gasteiger partial charge in [0.25, 0.3) is 0 Å². The van der Waals surface area contributed by atoms with Gasteiger partial charge in [-0.3, -0.25) is 37.3 Å². The molecular weight excluding hydrogens is 1160 g/mol. The van der Waals surface area contributed by atoms with Gasteiger partial charge in [0.1, 0.15) is 19.3 Å². The van der Waals surface area contributed by atoms with Crippen molar-refractivity contribution in [2.45, 2.75) is 368 Å². The van der Waals surface area contributed by atoms with E-state index < -0.39 is 97.5 Å². The van der Waals surface area contributed by atoms with Gasteiger partial charge in [0.05, 0.1) is 26.4 Å². The van der Waals surface area contributed by atoms with Crippen LogP contribution in [0.15, 0.2) is 0 Å². The van der Waals surface area contributed by atoms with Crippen LogP contribution in [0.3, 0.4) is 0 Å². The number of phosphoric ester groups is 2. The van der Waals surface area contributed by atoms with Gasteiger partial charge in [-0.05, 0) is 37.5 Å². The van der Waals surface area contributed by atoms with Gasteiger partial charge in [-0.25, -0.2) is 9.13 Å². The second-order valence-corrected chi connectivity index (χ2v) is 28.8. The molecule has 0 bridgehead atoms. The third kappa shape index (κ3) is 62.8. The molecule has 0 heterocycles. The van der Waals surface area contributed by atoms with Crippen molar-refractivity contribution in [3.63, 3.8) is 0 Å². The first-order valence-corrected chi connectivity index (χ1v) is 39.0. The van der Waals surface area contributed by atoms with Crippen LogP contribution in [0.4, 0.5) is 0 Å². The summed E-state index contributed by atoms with van der Waals surface area (Å²) >= 11 is 0. The summed E-state index contributed by atoms with van der Waals surface area (Å²) in [5.74, 6) is -0.657. The third-order valence-electron chi connectivity index (χ3n) is 16.0. The van der Waals surface area contributed by atoms with Crippen LogP contribution < -0.4 is 0 Å². The molecule has 0 aliphatic carbocycles. The molecule has 3 N–H and O–H groups in total.